The van der Waals surface area contributed by atoms with Crippen LogP contribution < -0.4 is 10.6 Å². The van der Waals surface area contributed by atoms with Crippen LogP contribution in [-0.4, -0.2) is 17.7 Å². The molecule has 12 heavy (non-hydrogen) atoms. The van der Waals surface area contributed by atoms with Crippen LogP contribution in [0.5, 0.6) is 0 Å². The third kappa shape index (κ3) is 4.54. The monoisotopic (exact) mass is 188 g/mol. The van der Waals surface area contributed by atoms with Gasteiger partial charge in [0.25, 0.3) is 0 Å². The fourth-order valence-corrected chi connectivity index (χ4v) is 1.24. The molecule has 2 atom stereocenters. The number of hydrogen-bond acceptors (Lipinski definition) is 1. The summed E-state index contributed by atoms with van der Waals surface area (Å²) < 4.78 is 0. The summed E-state index contributed by atoms with van der Waals surface area (Å²) in [6.07, 6.45) is 1.18. The first-order valence-corrected chi connectivity index (χ1v) is 5.07. The first kappa shape index (κ1) is 11.7. The van der Waals surface area contributed by atoms with Crippen LogP contribution in [0.1, 0.15) is 34.1 Å². The average Bonchev–Trinajstić information content (AvgIpc) is 2.03. The molecule has 0 aliphatic heterocycles. The molecule has 0 saturated heterocycles. The lowest BCUT2D eigenvalue weighted by atomic mass is 10.0. The molecule has 0 spiro atoms. The molecule has 0 saturated carbocycles. The highest BCUT2D eigenvalue weighted by atomic mass is 32.1. The first-order chi connectivity index (χ1) is 5.61. The molecule has 0 radical (unpaired) electrons. The molecule has 72 valence electrons. The van der Waals surface area contributed by atoms with E-state index in [4.69, 9.17) is 12.2 Å². The maximum absolute atomic E-state index is 5.07. The Balaban J connectivity index is 3.67. The molecule has 0 aliphatic rings. The van der Waals surface area contributed by atoms with Gasteiger partial charge in [0.1, 0.15) is 0 Å². The molecule has 2 N–H and O–H groups in total. The zero-order chi connectivity index (χ0) is 9.56. The Hall–Kier alpha value is -0.310. The normalized spacial score (nSPS) is 15.0. The van der Waals surface area contributed by atoms with E-state index in [1.807, 2.05) is 6.92 Å². The fraction of sp³-hybridized carbons (Fsp3) is 0.889. The van der Waals surface area contributed by atoms with Crippen molar-refractivity contribution in [2.24, 2.45) is 5.92 Å². The van der Waals surface area contributed by atoms with Crippen LogP contribution in [-0.2, 0) is 0 Å². The van der Waals surface area contributed by atoms with Crippen molar-refractivity contribution in [2.45, 2.75) is 40.2 Å². The number of rotatable bonds is 4. The molecule has 0 fully saturated rings. The van der Waals surface area contributed by atoms with Gasteiger partial charge in [-0.15, -0.1) is 0 Å². The standard InChI is InChI=1S/C9H20N2S/c1-5-7(3)8(4)11-9(12)10-6-2/h7-8H,5-6H2,1-4H3,(H2,10,11,12). The van der Waals surface area contributed by atoms with E-state index in [0.717, 1.165) is 11.7 Å². The smallest absolute Gasteiger partial charge is 0.166 e. The maximum Gasteiger partial charge on any atom is 0.166 e. The highest BCUT2D eigenvalue weighted by molar-refractivity contribution is 7.80. The number of thiocarbonyl (C=S) groups is 1. The van der Waals surface area contributed by atoms with E-state index in [1.165, 1.54) is 6.42 Å². The quantitative estimate of drug-likeness (QED) is 0.659. The summed E-state index contributed by atoms with van der Waals surface area (Å²) in [5.74, 6) is 0.668. The van der Waals surface area contributed by atoms with Crippen LogP contribution in [0, 0.1) is 5.92 Å². The largest absolute Gasteiger partial charge is 0.363 e. The molecule has 2 nitrogen and oxygen atoms in total. The zero-order valence-electron chi connectivity index (χ0n) is 8.48. The van der Waals surface area contributed by atoms with Gasteiger partial charge >= 0.3 is 0 Å². The van der Waals surface area contributed by atoms with Gasteiger partial charge in [-0.05, 0) is 32.0 Å². The summed E-state index contributed by atoms with van der Waals surface area (Å²) in [6.45, 7) is 9.52. The van der Waals surface area contributed by atoms with Gasteiger partial charge in [-0.3, -0.25) is 0 Å². The second-order valence-electron chi connectivity index (χ2n) is 3.18. The van der Waals surface area contributed by atoms with Crippen molar-refractivity contribution in [2.75, 3.05) is 6.54 Å². The summed E-state index contributed by atoms with van der Waals surface area (Å²) in [5, 5.41) is 7.10. The third-order valence-electron chi connectivity index (χ3n) is 2.19. The van der Waals surface area contributed by atoms with Crippen LogP contribution in [0.2, 0.25) is 0 Å². The Bertz CT molecular complexity index is 136. The van der Waals surface area contributed by atoms with Crippen molar-refractivity contribution < 1.29 is 0 Å². The van der Waals surface area contributed by atoms with E-state index in [1.54, 1.807) is 0 Å². The van der Waals surface area contributed by atoms with E-state index < -0.39 is 0 Å². The fourth-order valence-electron chi connectivity index (χ4n) is 0.914. The van der Waals surface area contributed by atoms with Gasteiger partial charge in [-0.25, -0.2) is 0 Å². The SMILES string of the molecule is CCNC(=S)NC(C)C(C)CC. The maximum atomic E-state index is 5.07. The minimum Gasteiger partial charge on any atom is -0.363 e. The molecular weight excluding hydrogens is 168 g/mol. The Morgan fingerprint density at radius 1 is 1.33 bits per heavy atom. The number of hydrogen-bond donors (Lipinski definition) is 2. The topological polar surface area (TPSA) is 24.1 Å². The Morgan fingerprint density at radius 2 is 1.92 bits per heavy atom. The highest BCUT2D eigenvalue weighted by Gasteiger charge is 2.09. The minimum atomic E-state index is 0.460. The minimum absolute atomic E-state index is 0.460. The van der Waals surface area contributed by atoms with Crippen LogP contribution in [0.3, 0.4) is 0 Å². The Labute approximate surface area is 81.1 Å². The second kappa shape index (κ2) is 6.23. The summed E-state index contributed by atoms with van der Waals surface area (Å²) in [4.78, 5) is 0. The van der Waals surface area contributed by atoms with Crippen molar-refractivity contribution in [3.8, 4) is 0 Å². The van der Waals surface area contributed by atoms with E-state index >= 15 is 0 Å². The summed E-state index contributed by atoms with van der Waals surface area (Å²) >= 11 is 5.07. The lowest BCUT2D eigenvalue weighted by Crippen LogP contribution is -2.43. The Morgan fingerprint density at radius 3 is 2.33 bits per heavy atom. The van der Waals surface area contributed by atoms with E-state index in [2.05, 4.69) is 31.4 Å². The van der Waals surface area contributed by atoms with Crippen LogP contribution >= 0.6 is 12.2 Å². The molecule has 3 heteroatoms. The van der Waals surface area contributed by atoms with Crippen LogP contribution in [0.4, 0.5) is 0 Å². The van der Waals surface area contributed by atoms with Gasteiger partial charge in [0, 0.05) is 12.6 Å². The lowest BCUT2D eigenvalue weighted by molar-refractivity contribution is 0.436. The molecule has 0 aromatic heterocycles. The molecule has 2 unspecified atom stereocenters. The van der Waals surface area contributed by atoms with Crippen LogP contribution in [0.15, 0.2) is 0 Å². The molecule has 0 aliphatic carbocycles. The van der Waals surface area contributed by atoms with E-state index in [9.17, 15) is 0 Å². The van der Waals surface area contributed by atoms with Crippen molar-refractivity contribution in [3.05, 3.63) is 0 Å². The van der Waals surface area contributed by atoms with Gasteiger partial charge in [-0.2, -0.15) is 0 Å². The summed E-state index contributed by atoms with van der Waals surface area (Å²) in [5.41, 5.74) is 0. The second-order valence-corrected chi connectivity index (χ2v) is 3.59. The molecule has 0 amide bonds. The predicted molar refractivity (Wildman–Crippen MR) is 58.3 cm³/mol. The molecular formula is C9H20N2S. The molecule has 0 rings (SSSR count). The van der Waals surface area contributed by atoms with Crippen molar-refractivity contribution in [1.82, 2.24) is 10.6 Å². The molecule has 0 heterocycles. The van der Waals surface area contributed by atoms with Crippen molar-refractivity contribution in [3.63, 3.8) is 0 Å². The van der Waals surface area contributed by atoms with Gasteiger partial charge < -0.3 is 10.6 Å². The molecule has 0 aromatic carbocycles. The van der Waals surface area contributed by atoms with Gasteiger partial charge in [0.2, 0.25) is 0 Å². The lowest BCUT2D eigenvalue weighted by Gasteiger charge is -2.21. The van der Waals surface area contributed by atoms with Crippen molar-refractivity contribution in [1.29, 1.82) is 0 Å². The molecule has 0 aromatic rings. The Kier molecular flexibility index (Phi) is 6.07. The van der Waals surface area contributed by atoms with Crippen molar-refractivity contribution >= 4 is 17.3 Å². The predicted octanol–water partition coefficient (Wildman–Crippen LogP) is 1.91. The van der Waals surface area contributed by atoms with E-state index in [0.29, 0.717) is 12.0 Å². The van der Waals surface area contributed by atoms with Gasteiger partial charge in [0.05, 0.1) is 0 Å². The molecule has 0 bridgehead atoms. The average molecular weight is 188 g/mol. The van der Waals surface area contributed by atoms with Crippen LogP contribution in [0.25, 0.3) is 0 Å². The third-order valence-corrected chi connectivity index (χ3v) is 2.46. The summed E-state index contributed by atoms with van der Waals surface area (Å²) in [6, 6.07) is 0.460. The van der Waals surface area contributed by atoms with Gasteiger partial charge in [0.15, 0.2) is 5.11 Å². The first-order valence-electron chi connectivity index (χ1n) is 4.66. The van der Waals surface area contributed by atoms with Gasteiger partial charge in [-0.1, -0.05) is 20.3 Å². The number of nitrogens with one attached hydrogen (secondary N) is 2. The highest BCUT2D eigenvalue weighted by Crippen LogP contribution is 2.05. The summed E-state index contributed by atoms with van der Waals surface area (Å²) in [7, 11) is 0. The zero-order valence-corrected chi connectivity index (χ0v) is 9.29. The van der Waals surface area contributed by atoms with E-state index in [-0.39, 0.29) is 0 Å².